The highest BCUT2D eigenvalue weighted by atomic mass is 35.5. The van der Waals surface area contributed by atoms with Crippen molar-refractivity contribution in [3.8, 4) is 5.75 Å². The molecule has 0 aliphatic rings. The molecule has 9 heteroatoms. The van der Waals surface area contributed by atoms with Gasteiger partial charge >= 0.3 is 12.1 Å². The van der Waals surface area contributed by atoms with E-state index in [0.717, 1.165) is 6.07 Å². The molecule has 0 unspecified atom stereocenters. The zero-order chi connectivity index (χ0) is 19.6. The van der Waals surface area contributed by atoms with Crippen molar-refractivity contribution < 1.29 is 32.6 Å². The Morgan fingerprint density at radius 3 is 2.38 bits per heavy atom. The van der Waals surface area contributed by atoms with Crippen molar-refractivity contribution in [2.24, 2.45) is 0 Å². The molecule has 0 saturated heterocycles. The molecule has 138 valence electrons. The summed E-state index contributed by atoms with van der Waals surface area (Å²) in [6.07, 6.45) is -4.87. The molecular formula is C17H13ClF3NO4. The number of benzene rings is 2. The third-order valence-corrected chi connectivity index (χ3v) is 3.81. The van der Waals surface area contributed by atoms with E-state index in [1.165, 1.54) is 25.3 Å². The summed E-state index contributed by atoms with van der Waals surface area (Å²) in [5.74, 6) is -2.56. The maximum absolute atomic E-state index is 12.9. The summed E-state index contributed by atoms with van der Waals surface area (Å²) in [7, 11) is 1.23. The fraction of sp³-hybridized carbons (Fsp3) is 0.176. The number of halogens is 4. The van der Waals surface area contributed by atoms with Crippen LogP contribution in [0, 0.1) is 6.92 Å². The first-order valence-electron chi connectivity index (χ1n) is 7.14. The van der Waals surface area contributed by atoms with Gasteiger partial charge in [-0.2, -0.15) is 13.2 Å². The van der Waals surface area contributed by atoms with Gasteiger partial charge in [-0.3, -0.25) is 4.79 Å². The van der Waals surface area contributed by atoms with Crippen molar-refractivity contribution in [3.05, 3.63) is 57.6 Å². The number of aromatic hydroxyl groups is 1. The maximum atomic E-state index is 12.9. The van der Waals surface area contributed by atoms with Gasteiger partial charge in [0.05, 0.1) is 23.3 Å². The fourth-order valence-corrected chi connectivity index (χ4v) is 2.45. The minimum Gasteiger partial charge on any atom is -0.506 e. The minimum atomic E-state index is -4.87. The van der Waals surface area contributed by atoms with Crippen LogP contribution in [-0.2, 0) is 10.9 Å². The number of rotatable bonds is 3. The van der Waals surface area contributed by atoms with Gasteiger partial charge in [-0.05, 0) is 42.8 Å². The van der Waals surface area contributed by atoms with Crippen LogP contribution < -0.4 is 5.32 Å². The Morgan fingerprint density at radius 2 is 1.85 bits per heavy atom. The monoisotopic (exact) mass is 387 g/mol. The second-order valence-electron chi connectivity index (χ2n) is 5.33. The Labute approximate surface area is 151 Å². The highest BCUT2D eigenvalue weighted by molar-refractivity contribution is 6.32. The van der Waals surface area contributed by atoms with Gasteiger partial charge in [-0.25, -0.2) is 4.79 Å². The van der Waals surface area contributed by atoms with Crippen molar-refractivity contribution in [1.82, 2.24) is 0 Å². The number of phenols is 1. The molecule has 0 aliphatic carbocycles. The van der Waals surface area contributed by atoms with Crippen LogP contribution in [0.1, 0.15) is 31.8 Å². The van der Waals surface area contributed by atoms with Gasteiger partial charge in [0.15, 0.2) is 0 Å². The molecule has 5 nitrogen and oxygen atoms in total. The molecule has 2 N–H and O–H groups in total. The average Bonchev–Trinajstić information content (AvgIpc) is 2.55. The van der Waals surface area contributed by atoms with Crippen molar-refractivity contribution in [3.63, 3.8) is 0 Å². The van der Waals surface area contributed by atoms with E-state index in [-0.39, 0.29) is 16.8 Å². The van der Waals surface area contributed by atoms with Gasteiger partial charge in [0, 0.05) is 11.3 Å². The number of hydrogen-bond acceptors (Lipinski definition) is 4. The Morgan fingerprint density at radius 1 is 1.19 bits per heavy atom. The number of aryl methyl sites for hydroxylation is 1. The van der Waals surface area contributed by atoms with E-state index in [2.05, 4.69) is 10.1 Å². The number of alkyl halides is 3. The number of carbonyl (C=O) groups is 2. The Bertz CT molecular complexity index is 881. The second kappa shape index (κ2) is 7.25. The number of hydrogen-bond donors (Lipinski definition) is 2. The van der Waals surface area contributed by atoms with E-state index in [1.807, 2.05) is 0 Å². The Balaban J connectivity index is 2.32. The molecule has 0 spiro atoms. The molecule has 0 radical (unpaired) electrons. The number of amides is 1. The molecule has 0 atom stereocenters. The molecule has 0 aromatic heterocycles. The lowest BCUT2D eigenvalue weighted by Gasteiger charge is -2.13. The summed E-state index contributed by atoms with van der Waals surface area (Å²) in [4.78, 5) is 23.8. The summed E-state index contributed by atoms with van der Waals surface area (Å²) in [6, 6.07) is 5.73. The predicted octanol–water partition coefficient (Wildman–Crippen LogP) is 4.41. The standard InChI is InChI=1S/C17H13ClF3NO4/c1-8-5-10(3-4-11(8)16(25)26-2)22-15(24)9-6-12(17(19,20)21)14(23)13(18)7-9/h3-7,23H,1-2H3,(H,22,24). The molecule has 0 heterocycles. The van der Waals surface area contributed by atoms with E-state index >= 15 is 0 Å². The van der Waals surface area contributed by atoms with Crippen LogP contribution in [0.4, 0.5) is 18.9 Å². The third-order valence-electron chi connectivity index (χ3n) is 3.52. The van der Waals surface area contributed by atoms with Crippen molar-refractivity contribution in [1.29, 1.82) is 0 Å². The van der Waals surface area contributed by atoms with Crippen molar-refractivity contribution in [2.45, 2.75) is 13.1 Å². The lowest BCUT2D eigenvalue weighted by Crippen LogP contribution is -2.15. The lowest BCUT2D eigenvalue weighted by molar-refractivity contribution is -0.138. The van der Waals surface area contributed by atoms with Gasteiger partial charge in [-0.1, -0.05) is 11.6 Å². The second-order valence-corrected chi connectivity index (χ2v) is 5.73. The van der Waals surface area contributed by atoms with Gasteiger partial charge < -0.3 is 15.2 Å². The summed E-state index contributed by atoms with van der Waals surface area (Å²) in [5.41, 5.74) is -0.730. The van der Waals surface area contributed by atoms with Gasteiger partial charge in [0.1, 0.15) is 5.75 Å². The van der Waals surface area contributed by atoms with Crippen molar-refractivity contribution >= 4 is 29.2 Å². The van der Waals surface area contributed by atoms with Gasteiger partial charge in [0.2, 0.25) is 0 Å². The fourth-order valence-electron chi connectivity index (χ4n) is 2.23. The lowest BCUT2D eigenvalue weighted by atomic mass is 10.1. The van der Waals surface area contributed by atoms with Crippen molar-refractivity contribution in [2.75, 3.05) is 12.4 Å². The molecule has 0 saturated carbocycles. The highest BCUT2D eigenvalue weighted by Gasteiger charge is 2.35. The molecule has 1 amide bonds. The molecule has 2 rings (SSSR count). The van der Waals surface area contributed by atoms with Crippen LogP contribution >= 0.6 is 11.6 Å². The molecule has 2 aromatic carbocycles. The zero-order valence-electron chi connectivity index (χ0n) is 13.6. The van der Waals surface area contributed by atoms with Crippen LogP contribution in [0.2, 0.25) is 5.02 Å². The van der Waals surface area contributed by atoms with E-state index < -0.39 is 34.4 Å². The van der Waals surface area contributed by atoms with Crippen LogP contribution in [0.25, 0.3) is 0 Å². The number of anilines is 1. The van der Waals surface area contributed by atoms with E-state index in [0.29, 0.717) is 11.6 Å². The zero-order valence-corrected chi connectivity index (χ0v) is 14.3. The van der Waals surface area contributed by atoms with Crippen LogP contribution in [-0.4, -0.2) is 24.1 Å². The van der Waals surface area contributed by atoms with Gasteiger partial charge in [0.25, 0.3) is 5.91 Å². The van der Waals surface area contributed by atoms with E-state index in [4.69, 9.17) is 11.6 Å². The number of esters is 1. The van der Waals surface area contributed by atoms with Crippen LogP contribution in [0.15, 0.2) is 30.3 Å². The average molecular weight is 388 g/mol. The van der Waals surface area contributed by atoms with Crippen LogP contribution in [0.5, 0.6) is 5.75 Å². The molecule has 0 fully saturated rings. The summed E-state index contributed by atoms with van der Waals surface area (Å²) in [5, 5.41) is 11.3. The number of phenolic OH excluding ortho intramolecular Hbond substituents is 1. The number of carbonyl (C=O) groups excluding carboxylic acids is 2. The molecule has 26 heavy (non-hydrogen) atoms. The summed E-state index contributed by atoms with van der Waals surface area (Å²) in [6.45, 7) is 1.61. The first-order valence-corrected chi connectivity index (χ1v) is 7.52. The topological polar surface area (TPSA) is 75.6 Å². The summed E-state index contributed by atoms with van der Waals surface area (Å²) < 4.78 is 43.3. The van der Waals surface area contributed by atoms with Crippen LogP contribution in [0.3, 0.4) is 0 Å². The maximum Gasteiger partial charge on any atom is 0.420 e. The first kappa shape index (κ1) is 19.6. The summed E-state index contributed by atoms with van der Waals surface area (Å²) >= 11 is 5.59. The van der Waals surface area contributed by atoms with Gasteiger partial charge in [-0.15, -0.1) is 0 Å². The minimum absolute atomic E-state index is 0.262. The SMILES string of the molecule is COC(=O)c1ccc(NC(=O)c2cc(Cl)c(O)c(C(F)(F)F)c2)cc1C. The number of methoxy groups -OCH3 is 1. The number of nitrogens with one attached hydrogen (secondary N) is 1. The molecule has 2 aromatic rings. The largest absolute Gasteiger partial charge is 0.506 e. The Hall–Kier alpha value is -2.74. The molecular weight excluding hydrogens is 375 g/mol. The predicted molar refractivity (Wildman–Crippen MR) is 88.6 cm³/mol. The highest BCUT2D eigenvalue weighted by Crippen LogP contribution is 2.40. The van der Waals surface area contributed by atoms with E-state index in [1.54, 1.807) is 6.92 Å². The normalized spacial score (nSPS) is 11.2. The number of ether oxygens (including phenoxy) is 1. The van der Waals surface area contributed by atoms with E-state index in [9.17, 15) is 27.9 Å². The quantitative estimate of drug-likeness (QED) is 0.765. The smallest absolute Gasteiger partial charge is 0.420 e. The molecule has 0 bridgehead atoms. The molecule has 0 aliphatic heterocycles. The Kier molecular flexibility index (Phi) is 5.46. The first-order chi connectivity index (χ1) is 12.0. The third kappa shape index (κ3) is 4.08.